The molecular weight excluding hydrogens is 292 g/mol. The summed E-state index contributed by atoms with van der Waals surface area (Å²) in [6, 6.07) is 4.95. The molecule has 0 saturated heterocycles. The number of nitrogens with two attached hydrogens (primary N) is 1. The van der Waals surface area contributed by atoms with Gasteiger partial charge in [0.1, 0.15) is 0 Å². The number of methoxy groups -OCH3 is 1. The van der Waals surface area contributed by atoms with Gasteiger partial charge in [0, 0.05) is 18.8 Å². The maximum absolute atomic E-state index is 12.6. The van der Waals surface area contributed by atoms with Crippen molar-refractivity contribution < 1.29 is 14.3 Å². The van der Waals surface area contributed by atoms with Crippen molar-refractivity contribution in [3.63, 3.8) is 0 Å². The molecule has 0 aliphatic rings. The number of carbonyl (C=O) groups excluding carboxylic acids is 2. The Kier molecular flexibility index (Phi) is 6.49. The fourth-order valence-corrected chi connectivity index (χ4v) is 2.23. The molecule has 0 aliphatic carbocycles. The van der Waals surface area contributed by atoms with Crippen LogP contribution >= 0.6 is 11.6 Å². The van der Waals surface area contributed by atoms with E-state index >= 15 is 0 Å². The fraction of sp³-hybridized carbons (Fsp3) is 0.467. The third-order valence-electron chi connectivity index (χ3n) is 2.95. The standard InChI is InChI=1S/C15H21ClN2O3/c1-10(2)9-18(8-7-13(19)21-3)15(20)14-11(16)5-4-6-12(14)17/h4-6,10H,7-9,17H2,1-3H3. The zero-order valence-electron chi connectivity index (χ0n) is 12.6. The Morgan fingerprint density at radius 3 is 2.57 bits per heavy atom. The first-order chi connectivity index (χ1) is 9.86. The van der Waals surface area contributed by atoms with Gasteiger partial charge in [-0.2, -0.15) is 0 Å². The number of hydrogen-bond donors (Lipinski definition) is 1. The largest absolute Gasteiger partial charge is 0.469 e. The number of anilines is 1. The Balaban J connectivity index is 2.96. The zero-order valence-corrected chi connectivity index (χ0v) is 13.3. The van der Waals surface area contributed by atoms with Crippen molar-refractivity contribution in [2.24, 2.45) is 5.92 Å². The highest BCUT2D eigenvalue weighted by molar-refractivity contribution is 6.34. The van der Waals surface area contributed by atoms with Crippen molar-refractivity contribution in [3.8, 4) is 0 Å². The van der Waals surface area contributed by atoms with Crippen LogP contribution in [0.1, 0.15) is 30.6 Å². The second-order valence-corrected chi connectivity index (χ2v) is 5.58. The number of esters is 1. The zero-order chi connectivity index (χ0) is 16.0. The highest BCUT2D eigenvalue weighted by atomic mass is 35.5. The van der Waals surface area contributed by atoms with Crippen LogP contribution in [-0.2, 0) is 9.53 Å². The molecule has 0 spiro atoms. The van der Waals surface area contributed by atoms with Crippen LogP contribution in [0, 0.1) is 5.92 Å². The quantitative estimate of drug-likeness (QED) is 0.647. The van der Waals surface area contributed by atoms with Crippen LogP contribution in [0.5, 0.6) is 0 Å². The van der Waals surface area contributed by atoms with E-state index in [1.165, 1.54) is 7.11 Å². The minimum Gasteiger partial charge on any atom is -0.469 e. The first kappa shape index (κ1) is 17.3. The van der Waals surface area contributed by atoms with Gasteiger partial charge in [-0.3, -0.25) is 9.59 Å². The Hall–Kier alpha value is -1.75. The summed E-state index contributed by atoms with van der Waals surface area (Å²) >= 11 is 6.08. The van der Waals surface area contributed by atoms with Crippen molar-refractivity contribution in [2.45, 2.75) is 20.3 Å². The monoisotopic (exact) mass is 312 g/mol. The van der Waals surface area contributed by atoms with Crippen LogP contribution in [0.4, 0.5) is 5.69 Å². The summed E-state index contributed by atoms with van der Waals surface area (Å²) in [5.41, 5.74) is 6.46. The summed E-state index contributed by atoms with van der Waals surface area (Å²) in [4.78, 5) is 25.5. The minimum atomic E-state index is -0.358. The summed E-state index contributed by atoms with van der Waals surface area (Å²) in [5, 5.41) is 0.312. The van der Waals surface area contributed by atoms with Crippen molar-refractivity contribution in [1.29, 1.82) is 0 Å². The highest BCUT2D eigenvalue weighted by Gasteiger charge is 2.22. The Bertz CT molecular complexity index is 497. The molecule has 6 heteroatoms. The average Bonchev–Trinajstić information content (AvgIpc) is 2.42. The van der Waals surface area contributed by atoms with Gasteiger partial charge in [0.25, 0.3) is 5.91 Å². The van der Waals surface area contributed by atoms with Crippen LogP contribution in [-0.4, -0.2) is 37.0 Å². The van der Waals surface area contributed by atoms with E-state index in [9.17, 15) is 9.59 Å². The normalized spacial score (nSPS) is 10.5. The van der Waals surface area contributed by atoms with E-state index < -0.39 is 0 Å². The summed E-state index contributed by atoms with van der Waals surface area (Å²) < 4.78 is 4.61. The average molecular weight is 313 g/mol. The number of rotatable bonds is 6. The van der Waals surface area contributed by atoms with Crippen LogP contribution < -0.4 is 5.73 Å². The summed E-state index contributed by atoms with van der Waals surface area (Å²) in [6.45, 7) is 4.78. The summed E-state index contributed by atoms with van der Waals surface area (Å²) in [7, 11) is 1.32. The molecule has 0 aliphatic heterocycles. The van der Waals surface area contributed by atoms with Crippen molar-refractivity contribution >= 4 is 29.2 Å². The molecule has 116 valence electrons. The number of nitrogens with zero attached hydrogens (tertiary/aromatic N) is 1. The smallest absolute Gasteiger partial charge is 0.307 e. The van der Waals surface area contributed by atoms with Gasteiger partial charge >= 0.3 is 5.97 Å². The third kappa shape index (κ3) is 4.93. The molecule has 0 radical (unpaired) electrons. The van der Waals surface area contributed by atoms with Crippen LogP contribution in [0.25, 0.3) is 0 Å². The van der Waals surface area contributed by atoms with Crippen LogP contribution in [0.2, 0.25) is 5.02 Å². The number of benzene rings is 1. The van der Waals surface area contributed by atoms with Crippen molar-refractivity contribution in [1.82, 2.24) is 4.90 Å². The lowest BCUT2D eigenvalue weighted by Gasteiger charge is -2.25. The molecule has 1 aromatic rings. The lowest BCUT2D eigenvalue weighted by atomic mass is 10.1. The third-order valence-corrected chi connectivity index (χ3v) is 3.26. The molecule has 2 N–H and O–H groups in total. The number of hydrogen-bond acceptors (Lipinski definition) is 4. The topological polar surface area (TPSA) is 72.6 Å². The Morgan fingerprint density at radius 2 is 2.05 bits per heavy atom. The van der Waals surface area contributed by atoms with Gasteiger partial charge in [-0.05, 0) is 18.1 Å². The van der Waals surface area contributed by atoms with E-state index in [1.54, 1.807) is 23.1 Å². The SMILES string of the molecule is COC(=O)CCN(CC(C)C)C(=O)c1c(N)cccc1Cl. The fourth-order valence-electron chi connectivity index (χ4n) is 1.97. The maximum atomic E-state index is 12.6. The predicted octanol–water partition coefficient (Wildman–Crippen LogP) is 2.58. The predicted molar refractivity (Wildman–Crippen MR) is 83.2 cm³/mol. The van der Waals surface area contributed by atoms with Crippen LogP contribution in [0.15, 0.2) is 18.2 Å². The first-order valence-electron chi connectivity index (χ1n) is 6.76. The molecule has 0 aromatic heterocycles. The second kappa shape index (κ2) is 7.88. The summed E-state index contributed by atoms with van der Waals surface area (Å²) in [5.74, 6) is -0.366. The number of carbonyl (C=O) groups is 2. The molecule has 0 saturated carbocycles. The molecule has 21 heavy (non-hydrogen) atoms. The number of nitrogen functional groups attached to an aromatic ring is 1. The highest BCUT2D eigenvalue weighted by Crippen LogP contribution is 2.24. The molecule has 0 unspecified atom stereocenters. The summed E-state index contributed by atoms with van der Waals surface area (Å²) in [6.07, 6.45) is 0.138. The van der Waals surface area contributed by atoms with Gasteiger partial charge in [0.15, 0.2) is 0 Å². The number of ether oxygens (including phenoxy) is 1. The van der Waals surface area contributed by atoms with Gasteiger partial charge in [0.2, 0.25) is 0 Å². The number of amides is 1. The van der Waals surface area contributed by atoms with E-state index in [1.807, 2.05) is 13.8 Å². The Morgan fingerprint density at radius 1 is 1.38 bits per heavy atom. The van der Waals surface area contributed by atoms with Gasteiger partial charge in [-0.15, -0.1) is 0 Å². The molecule has 1 rings (SSSR count). The van der Waals surface area contributed by atoms with Gasteiger partial charge in [-0.1, -0.05) is 31.5 Å². The molecular formula is C15H21ClN2O3. The van der Waals surface area contributed by atoms with E-state index in [4.69, 9.17) is 17.3 Å². The van der Waals surface area contributed by atoms with Crippen LogP contribution in [0.3, 0.4) is 0 Å². The molecule has 0 atom stereocenters. The molecule has 1 amide bonds. The first-order valence-corrected chi connectivity index (χ1v) is 7.14. The van der Waals surface area contributed by atoms with E-state index in [0.29, 0.717) is 17.3 Å². The molecule has 5 nitrogen and oxygen atoms in total. The maximum Gasteiger partial charge on any atom is 0.307 e. The Labute approximate surface area is 130 Å². The molecule has 1 aromatic carbocycles. The lowest BCUT2D eigenvalue weighted by Crippen LogP contribution is -2.36. The van der Waals surface area contributed by atoms with Gasteiger partial charge in [-0.25, -0.2) is 0 Å². The van der Waals surface area contributed by atoms with E-state index in [-0.39, 0.29) is 36.3 Å². The number of halogens is 1. The molecule has 0 fully saturated rings. The van der Waals surface area contributed by atoms with E-state index in [2.05, 4.69) is 4.74 Å². The van der Waals surface area contributed by atoms with E-state index in [0.717, 1.165) is 0 Å². The lowest BCUT2D eigenvalue weighted by molar-refractivity contribution is -0.140. The molecule has 0 heterocycles. The molecule has 0 bridgehead atoms. The van der Waals surface area contributed by atoms with Crippen molar-refractivity contribution in [3.05, 3.63) is 28.8 Å². The second-order valence-electron chi connectivity index (χ2n) is 5.18. The van der Waals surface area contributed by atoms with Gasteiger partial charge < -0.3 is 15.4 Å². The van der Waals surface area contributed by atoms with Gasteiger partial charge in [0.05, 0.1) is 24.1 Å². The minimum absolute atomic E-state index is 0.138. The van der Waals surface area contributed by atoms with Crippen molar-refractivity contribution in [2.75, 3.05) is 25.9 Å².